The van der Waals surface area contributed by atoms with Crippen LogP contribution in [0.25, 0.3) is 0 Å². The van der Waals surface area contributed by atoms with Gasteiger partial charge in [0.1, 0.15) is 10.8 Å². The van der Waals surface area contributed by atoms with Crippen molar-refractivity contribution in [2.75, 3.05) is 6.54 Å². The van der Waals surface area contributed by atoms with Gasteiger partial charge < -0.3 is 15.4 Å². The number of halogens is 2. The number of carbonyl (C=O) groups excluding carboxylic acids is 1. The normalized spacial score (nSPS) is 10.4. The van der Waals surface area contributed by atoms with Gasteiger partial charge in [-0.2, -0.15) is 0 Å². The Morgan fingerprint density at radius 3 is 2.47 bits per heavy atom. The number of carbonyl (C=O) groups is 2. The van der Waals surface area contributed by atoms with Gasteiger partial charge in [-0.15, -0.1) is 0 Å². The summed E-state index contributed by atoms with van der Waals surface area (Å²) in [7, 11) is 0. The summed E-state index contributed by atoms with van der Waals surface area (Å²) in [5, 5.41) is 11.8. The maximum Gasteiger partial charge on any atom is 0.303 e. The first-order valence-electron chi connectivity index (χ1n) is 6.04. The van der Waals surface area contributed by atoms with Gasteiger partial charge in [-0.3, -0.25) is 9.59 Å². The Labute approximate surface area is 121 Å². The maximum absolute atomic E-state index is 11.7. The number of carboxylic acids is 1. The summed E-state index contributed by atoms with van der Waals surface area (Å²) >= 11 is 11.4. The highest BCUT2D eigenvalue weighted by Crippen LogP contribution is 2.21. The van der Waals surface area contributed by atoms with E-state index in [-0.39, 0.29) is 17.5 Å². The molecule has 0 spiro atoms. The average Bonchev–Trinajstić information content (AvgIpc) is 2.68. The fourth-order valence-electron chi connectivity index (χ4n) is 1.58. The Balaban J connectivity index is 2.12. The molecule has 0 saturated carbocycles. The lowest BCUT2D eigenvalue weighted by molar-refractivity contribution is -0.137. The predicted molar refractivity (Wildman–Crippen MR) is 73.9 cm³/mol. The number of amides is 1. The van der Waals surface area contributed by atoms with E-state index in [9.17, 15) is 9.59 Å². The summed E-state index contributed by atoms with van der Waals surface area (Å²) in [4.78, 5) is 24.6. The number of aliphatic carboxylic acids is 1. The van der Waals surface area contributed by atoms with E-state index in [2.05, 4.69) is 10.3 Å². The van der Waals surface area contributed by atoms with Crippen molar-refractivity contribution in [1.29, 1.82) is 0 Å². The SMILES string of the molecule is O=C(O)CCCCCCNC(=O)c1cc(Cl)c(Cl)[nH]1. The molecule has 3 N–H and O–H groups in total. The molecule has 0 aromatic carbocycles. The van der Waals surface area contributed by atoms with Crippen LogP contribution in [0.1, 0.15) is 42.6 Å². The molecular formula is C12H16Cl2N2O3. The lowest BCUT2D eigenvalue weighted by Gasteiger charge is -2.03. The molecule has 0 fully saturated rings. The molecule has 0 saturated heterocycles. The summed E-state index contributed by atoms with van der Waals surface area (Å²) in [6, 6.07) is 1.48. The van der Waals surface area contributed by atoms with Crippen molar-refractivity contribution >= 4 is 35.1 Å². The van der Waals surface area contributed by atoms with Crippen LogP contribution in [0.3, 0.4) is 0 Å². The van der Waals surface area contributed by atoms with Gasteiger partial charge in [-0.05, 0) is 18.9 Å². The highest BCUT2D eigenvalue weighted by atomic mass is 35.5. The summed E-state index contributed by atoms with van der Waals surface area (Å²) in [5.74, 6) is -1.02. The Morgan fingerprint density at radius 1 is 1.21 bits per heavy atom. The van der Waals surface area contributed by atoms with Crippen LogP contribution in [-0.4, -0.2) is 28.5 Å². The van der Waals surface area contributed by atoms with Crippen molar-refractivity contribution in [3.05, 3.63) is 21.9 Å². The number of unbranched alkanes of at least 4 members (excludes halogenated alkanes) is 3. The largest absolute Gasteiger partial charge is 0.481 e. The van der Waals surface area contributed by atoms with Gasteiger partial charge in [-0.25, -0.2) is 0 Å². The first-order chi connectivity index (χ1) is 9.00. The van der Waals surface area contributed by atoms with Crippen LogP contribution in [0, 0.1) is 0 Å². The topological polar surface area (TPSA) is 82.2 Å². The molecule has 0 radical (unpaired) electrons. The fourth-order valence-corrected chi connectivity index (χ4v) is 1.89. The number of carboxylic acid groups (broad SMARTS) is 1. The number of aromatic nitrogens is 1. The molecule has 19 heavy (non-hydrogen) atoms. The van der Waals surface area contributed by atoms with Crippen molar-refractivity contribution in [1.82, 2.24) is 10.3 Å². The highest BCUT2D eigenvalue weighted by Gasteiger charge is 2.10. The minimum Gasteiger partial charge on any atom is -0.481 e. The number of rotatable bonds is 8. The number of hydrogen-bond donors (Lipinski definition) is 3. The van der Waals surface area contributed by atoms with Gasteiger partial charge in [0.25, 0.3) is 5.91 Å². The number of hydrogen-bond acceptors (Lipinski definition) is 2. The standard InChI is InChI=1S/C12H16Cl2N2O3/c13-8-7-9(16-11(8)14)12(19)15-6-4-2-1-3-5-10(17)18/h7,16H,1-6H2,(H,15,19)(H,17,18). The van der Waals surface area contributed by atoms with Gasteiger partial charge in [0.15, 0.2) is 0 Å². The monoisotopic (exact) mass is 306 g/mol. The zero-order valence-corrected chi connectivity index (χ0v) is 11.9. The summed E-state index contributed by atoms with van der Waals surface area (Å²) in [5.41, 5.74) is 0.334. The molecule has 0 aliphatic heterocycles. The van der Waals surface area contributed by atoms with E-state index in [1.807, 2.05) is 0 Å². The predicted octanol–water partition coefficient (Wildman–Crippen LogP) is 3.09. The number of aromatic amines is 1. The first-order valence-corrected chi connectivity index (χ1v) is 6.80. The zero-order chi connectivity index (χ0) is 14.3. The van der Waals surface area contributed by atoms with Gasteiger partial charge in [-0.1, -0.05) is 36.0 Å². The molecule has 0 bridgehead atoms. The average molecular weight is 307 g/mol. The second-order valence-corrected chi connectivity index (χ2v) is 4.94. The summed E-state index contributed by atoms with van der Waals surface area (Å²) in [6.45, 7) is 0.542. The van der Waals surface area contributed by atoms with E-state index in [0.29, 0.717) is 23.7 Å². The second-order valence-electron chi connectivity index (χ2n) is 4.16. The molecule has 0 atom stereocenters. The van der Waals surface area contributed by atoms with E-state index in [1.54, 1.807) is 0 Å². The molecule has 106 valence electrons. The smallest absolute Gasteiger partial charge is 0.303 e. The molecule has 1 aromatic rings. The fraction of sp³-hybridized carbons (Fsp3) is 0.500. The van der Waals surface area contributed by atoms with E-state index in [0.717, 1.165) is 19.3 Å². The van der Waals surface area contributed by atoms with Crippen molar-refractivity contribution in [3.8, 4) is 0 Å². The Bertz CT molecular complexity index is 427. The minimum absolute atomic E-state index is 0.200. The molecule has 1 aromatic heterocycles. The molecule has 1 rings (SSSR count). The quantitative estimate of drug-likeness (QED) is 0.645. The van der Waals surface area contributed by atoms with Crippen molar-refractivity contribution in [3.63, 3.8) is 0 Å². The Kier molecular flexibility index (Phi) is 6.73. The van der Waals surface area contributed by atoms with E-state index in [4.69, 9.17) is 28.3 Å². The van der Waals surface area contributed by atoms with Crippen LogP contribution < -0.4 is 5.32 Å². The van der Waals surface area contributed by atoms with Crippen LogP contribution in [0.15, 0.2) is 6.07 Å². The van der Waals surface area contributed by atoms with Crippen LogP contribution in [0.5, 0.6) is 0 Å². The first kappa shape index (κ1) is 15.9. The van der Waals surface area contributed by atoms with Crippen LogP contribution in [0.4, 0.5) is 0 Å². The number of H-pyrrole nitrogens is 1. The summed E-state index contributed by atoms with van der Waals surface area (Å²) in [6.07, 6.45) is 3.42. The van der Waals surface area contributed by atoms with Crippen molar-refractivity contribution in [2.24, 2.45) is 0 Å². The van der Waals surface area contributed by atoms with Gasteiger partial charge in [0.05, 0.1) is 5.02 Å². The molecule has 5 nitrogen and oxygen atoms in total. The molecule has 0 aliphatic carbocycles. The third kappa shape index (κ3) is 5.98. The molecule has 7 heteroatoms. The molecule has 0 aliphatic rings. The van der Waals surface area contributed by atoms with E-state index in [1.165, 1.54) is 6.07 Å². The molecule has 1 heterocycles. The third-order valence-electron chi connectivity index (χ3n) is 2.57. The van der Waals surface area contributed by atoms with Gasteiger partial charge in [0.2, 0.25) is 0 Å². The van der Waals surface area contributed by atoms with Crippen LogP contribution >= 0.6 is 23.2 Å². The van der Waals surface area contributed by atoms with E-state index >= 15 is 0 Å². The lowest BCUT2D eigenvalue weighted by atomic mass is 10.1. The van der Waals surface area contributed by atoms with Gasteiger partial charge >= 0.3 is 5.97 Å². The van der Waals surface area contributed by atoms with Gasteiger partial charge in [0, 0.05) is 13.0 Å². The second kappa shape index (κ2) is 8.07. The van der Waals surface area contributed by atoms with Crippen molar-refractivity contribution in [2.45, 2.75) is 32.1 Å². The zero-order valence-electron chi connectivity index (χ0n) is 10.3. The minimum atomic E-state index is -0.770. The van der Waals surface area contributed by atoms with E-state index < -0.39 is 5.97 Å². The maximum atomic E-state index is 11.7. The number of nitrogens with one attached hydrogen (secondary N) is 2. The Hall–Kier alpha value is -1.20. The van der Waals surface area contributed by atoms with Crippen LogP contribution in [-0.2, 0) is 4.79 Å². The molecular weight excluding hydrogens is 291 g/mol. The Morgan fingerprint density at radius 2 is 1.89 bits per heavy atom. The summed E-state index contributed by atoms with van der Waals surface area (Å²) < 4.78 is 0. The molecule has 1 amide bonds. The highest BCUT2D eigenvalue weighted by molar-refractivity contribution is 6.41. The third-order valence-corrected chi connectivity index (χ3v) is 3.27. The lowest BCUT2D eigenvalue weighted by Crippen LogP contribution is -2.24. The van der Waals surface area contributed by atoms with Crippen LogP contribution in [0.2, 0.25) is 10.2 Å². The molecule has 0 unspecified atom stereocenters. The van der Waals surface area contributed by atoms with Crippen molar-refractivity contribution < 1.29 is 14.7 Å².